The first-order valence-electron chi connectivity index (χ1n) is 6.18. The number of esters is 1. The van der Waals surface area contributed by atoms with Gasteiger partial charge in [-0.1, -0.05) is 18.2 Å². The molecule has 5 heteroatoms. The van der Waals surface area contributed by atoms with Crippen molar-refractivity contribution in [3.8, 4) is 11.8 Å². The Bertz CT molecular complexity index is 707. The summed E-state index contributed by atoms with van der Waals surface area (Å²) in [5.41, 5.74) is 1.55. The number of nitrogens with zero attached hydrogens (tertiary/aromatic N) is 1. The van der Waals surface area contributed by atoms with Crippen LogP contribution in [0.3, 0.4) is 0 Å². The van der Waals surface area contributed by atoms with Crippen molar-refractivity contribution in [3.63, 3.8) is 0 Å². The van der Waals surface area contributed by atoms with Gasteiger partial charge in [0.05, 0.1) is 18.2 Å². The monoisotopic (exact) mass is 299 g/mol. The number of thiol groups is 1. The highest BCUT2D eigenvalue weighted by molar-refractivity contribution is 7.80. The zero-order valence-corrected chi connectivity index (χ0v) is 12.3. The van der Waals surface area contributed by atoms with Crippen LogP contribution in [0.4, 0.5) is 0 Å². The third-order valence-corrected chi connectivity index (χ3v) is 3.17. The molecule has 0 aliphatic rings. The van der Waals surface area contributed by atoms with E-state index >= 15 is 0 Å². The Balaban J connectivity index is 2.22. The second kappa shape index (κ2) is 6.82. The fraction of sp³-hybridized carbons (Fsp3) is 0.125. The summed E-state index contributed by atoms with van der Waals surface area (Å²) >= 11 is 4.18. The van der Waals surface area contributed by atoms with Crippen LogP contribution in [0.2, 0.25) is 0 Å². The highest BCUT2D eigenvalue weighted by Gasteiger charge is 2.12. The summed E-state index contributed by atoms with van der Waals surface area (Å²) in [7, 11) is 1.33. The van der Waals surface area contributed by atoms with Gasteiger partial charge >= 0.3 is 5.97 Å². The van der Waals surface area contributed by atoms with E-state index in [1.54, 1.807) is 36.4 Å². The minimum absolute atomic E-state index is 0.172. The van der Waals surface area contributed by atoms with Gasteiger partial charge in [-0.2, -0.15) is 5.26 Å². The van der Waals surface area contributed by atoms with Crippen molar-refractivity contribution in [2.45, 2.75) is 11.5 Å². The van der Waals surface area contributed by atoms with E-state index in [1.165, 1.54) is 7.11 Å². The Kier molecular flexibility index (Phi) is 4.85. The van der Waals surface area contributed by atoms with Gasteiger partial charge in [-0.15, -0.1) is 12.6 Å². The quantitative estimate of drug-likeness (QED) is 0.695. The third kappa shape index (κ3) is 3.56. The molecule has 2 aromatic rings. The SMILES string of the molecule is COC(=O)c1ccccc1COc1ccc(S)cc1C#N. The minimum Gasteiger partial charge on any atom is -0.487 e. The molecule has 0 fully saturated rings. The molecule has 4 nitrogen and oxygen atoms in total. The maximum atomic E-state index is 11.7. The molecule has 0 saturated heterocycles. The largest absolute Gasteiger partial charge is 0.487 e. The standard InChI is InChI=1S/C16H13NO3S/c1-19-16(18)14-5-3-2-4-11(14)10-20-15-7-6-13(21)8-12(15)9-17/h2-8,21H,10H2,1H3. The smallest absolute Gasteiger partial charge is 0.338 e. The third-order valence-electron chi connectivity index (χ3n) is 2.89. The number of rotatable bonds is 4. The Labute approximate surface area is 128 Å². The summed E-state index contributed by atoms with van der Waals surface area (Å²) in [6.45, 7) is 0.172. The van der Waals surface area contributed by atoms with Gasteiger partial charge in [-0.25, -0.2) is 4.79 Å². The van der Waals surface area contributed by atoms with Gasteiger partial charge in [0.2, 0.25) is 0 Å². The predicted octanol–water partition coefficient (Wildman–Crippen LogP) is 3.21. The summed E-state index contributed by atoms with van der Waals surface area (Å²) in [4.78, 5) is 12.4. The van der Waals surface area contributed by atoms with Crippen molar-refractivity contribution in [3.05, 3.63) is 59.2 Å². The van der Waals surface area contributed by atoms with Crippen LogP contribution in [-0.2, 0) is 11.3 Å². The Morgan fingerprint density at radius 2 is 2.05 bits per heavy atom. The van der Waals surface area contributed by atoms with E-state index in [4.69, 9.17) is 14.7 Å². The second-order valence-corrected chi connectivity index (χ2v) is 4.75. The zero-order chi connectivity index (χ0) is 15.2. The maximum Gasteiger partial charge on any atom is 0.338 e. The van der Waals surface area contributed by atoms with Crippen LogP contribution in [0, 0.1) is 11.3 Å². The van der Waals surface area contributed by atoms with Crippen molar-refractivity contribution >= 4 is 18.6 Å². The number of hydrogen-bond donors (Lipinski definition) is 1. The van der Waals surface area contributed by atoms with E-state index < -0.39 is 5.97 Å². The van der Waals surface area contributed by atoms with Crippen molar-refractivity contribution in [2.24, 2.45) is 0 Å². The van der Waals surface area contributed by atoms with E-state index in [9.17, 15) is 4.79 Å². The Morgan fingerprint density at radius 1 is 1.29 bits per heavy atom. The molecule has 0 bridgehead atoms. The number of carbonyl (C=O) groups excluding carboxylic acids is 1. The molecule has 0 saturated carbocycles. The summed E-state index contributed by atoms with van der Waals surface area (Å²) in [5.74, 6) is 0.0374. The van der Waals surface area contributed by atoms with E-state index in [2.05, 4.69) is 18.7 Å². The lowest BCUT2D eigenvalue weighted by Crippen LogP contribution is -2.08. The number of nitriles is 1. The molecule has 0 aromatic heterocycles. The topological polar surface area (TPSA) is 59.3 Å². The number of hydrogen-bond acceptors (Lipinski definition) is 5. The number of methoxy groups -OCH3 is 1. The van der Waals surface area contributed by atoms with Crippen molar-refractivity contribution in [1.82, 2.24) is 0 Å². The maximum absolute atomic E-state index is 11.7. The second-order valence-electron chi connectivity index (χ2n) is 4.23. The lowest BCUT2D eigenvalue weighted by Gasteiger charge is -2.11. The lowest BCUT2D eigenvalue weighted by atomic mass is 10.1. The molecule has 0 N–H and O–H groups in total. The normalized spacial score (nSPS) is 9.76. The van der Waals surface area contributed by atoms with Gasteiger partial charge < -0.3 is 9.47 Å². The van der Waals surface area contributed by atoms with Crippen molar-refractivity contribution in [2.75, 3.05) is 7.11 Å². The highest BCUT2D eigenvalue weighted by Crippen LogP contribution is 2.23. The van der Waals surface area contributed by atoms with Gasteiger partial charge in [-0.3, -0.25) is 0 Å². The van der Waals surface area contributed by atoms with Crippen LogP contribution in [0.15, 0.2) is 47.4 Å². The molecule has 0 aliphatic carbocycles. The van der Waals surface area contributed by atoms with Crippen LogP contribution in [-0.4, -0.2) is 13.1 Å². The molecular weight excluding hydrogens is 286 g/mol. The zero-order valence-electron chi connectivity index (χ0n) is 11.4. The first-order chi connectivity index (χ1) is 10.2. The summed E-state index contributed by atoms with van der Waals surface area (Å²) in [6, 6.07) is 14.1. The fourth-order valence-corrected chi connectivity index (χ4v) is 2.05. The number of benzene rings is 2. The molecule has 2 aromatic carbocycles. The van der Waals surface area contributed by atoms with E-state index in [0.29, 0.717) is 27.3 Å². The molecule has 0 unspecified atom stereocenters. The molecule has 0 amide bonds. The van der Waals surface area contributed by atoms with Gasteiger partial charge in [0.1, 0.15) is 18.4 Å². The molecule has 21 heavy (non-hydrogen) atoms. The van der Waals surface area contributed by atoms with Crippen LogP contribution in [0.1, 0.15) is 21.5 Å². The molecule has 0 heterocycles. The average Bonchev–Trinajstić information content (AvgIpc) is 2.53. The molecule has 106 valence electrons. The van der Waals surface area contributed by atoms with Crippen LogP contribution >= 0.6 is 12.6 Å². The summed E-state index contributed by atoms with van der Waals surface area (Å²) in [5, 5.41) is 9.08. The number of ether oxygens (including phenoxy) is 2. The first-order valence-corrected chi connectivity index (χ1v) is 6.62. The summed E-state index contributed by atoms with van der Waals surface area (Å²) < 4.78 is 10.4. The van der Waals surface area contributed by atoms with Crippen LogP contribution in [0.25, 0.3) is 0 Å². The van der Waals surface area contributed by atoms with E-state index in [-0.39, 0.29) is 6.61 Å². The average molecular weight is 299 g/mol. The molecule has 0 radical (unpaired) electrons. The lowest BCUT2D eigenvalue weighted by molar-refractivity contribution is 0.0597. The van der Waals surface area contributed by atoms with Gasteiger partial charge in [0.15, 0.2) is 0 Å². The fourth-order valence-electron chi connectivity index (χ4n) is 1.84. The minimum atomic E-state index is -0.416. The Morgan fingerprint density at radius 3 is 2.76 bits per heavy atom. The predicted molar refractivity (Wildman–Crippen MR) is 80.5 cm³/mol. The van der Waals surface area contributed by atoms with E-state index in [0.717, 1.165) is 0 Å². The molecular formula is C16H13NO3S. The summed E-state index contributed by atoms with van der Waals surface area (Å²) in [6.07, 6.45) is 0. The van der Waals surface area contributed by atoms with Crippen molar-refractivity contribution < 1.29 is 14.3 Å². The Hall–Kier alpha value is -2.45. The van der Waals surface area contributed by atoms with Gasteiger partial charge in [0, 0.05) is 10.5 Å². The molecule has 0 atom stereocenters. The molecule has 2 rings (SSSR count). The van der Waals surface area contributed by atoms with Crippen LogP contribution < -0.4 is 4.74 Å². The van der Waals surface area contributed by atoms with Crippen molar-refractivity contribution in [1.29, 1.82) is 5.26 Å². The molecule has 0 aliphatic heterocycles. The van der Waals surface area contributed by atoms with Crippen LogP contribution in [0.5, 0.6) is 5.75 Å². The van der Waals surface area contributed by atoms with Gasteiger partial charge in [-0.05, 0) is 24.3 Å². The highest BCUT2D eigenvalue weighted by atomic mass is 32.1. The van der Waals surface area contributed by atoms with Gasteiger partial charge in [0.25, 0.3) is 0 Å². The van der Waals surface area contributed by atoms with E-state index in [1.807, 2.05) is 6.07 Å². The first kappa shape index (κ1) is 14.9. The molecule has 0 spiro atoms. The number of carbonyl (C=O) groups is 1.